The molecule has 1 rings (SSSR count). The van der Waals surface area contributed by atoms with Gasteiger partial charge in [-0.3, -0.25) is 4.79 Å². The highest BCUT2D eigenvalue weighted by Gasteiger charge is 2.16. The lowest BCUT2D eigenvalue weighted by Gasteiger charge is -2.21. The predicted molar refractivity (Wildman–Crippen MR) is 66.3 cm³/mol. The Kier molecular flexibility index (Phi) is 6.04. The zero-order valence-electron chi connectivity index (χ0n) is 10.0. The molecular formula is C12H15ClFNO3. The third-order valence-electron chi connectivity index (χ3n) is 2.39. The van der Waals surface area contributed by atoms with E-state index in [-0.39, 0.29) is 29.6 Å². The first kappa shape index (κ1) is 14.9. The SMILES string of the molecule is COCCN(CCO)C(=O)c1ccc(Cl)c(F)c1. The molecule has 0 radical (unpaired) electrons. The maximum absolute atomic E-state index is 13.3. The Labute approximate surface area is 110 Å². The first-order valence-corrected chi connectivity index (χ1v) is 5.82. The van der Waals surface area contributed by atoms with Crippen molar-refractivity contribution in [1.29, 1.82) is 0 Å². The fraction of sp³-hybridized carbons (Fsp3) is 0.417. The molecule has 0 heterocycles. The van der Waals surface area contributed by atoms with Crippen molar-refractivity contribution in [2.45, 2.75) is 0 Å². The topological polar surface area (TPSA) is 49.8 Å². The molecular weight excluding hydrogens is 261 g/mol. The van der Waals surface area contributed by atoms with E-state index in [0.717, 1.165) is 6.07 Å². The molecule has 18 heavy (non-hydrogen) atoms. The first-order chi connectivity index (χ1) is 8.60. The molecule has 0 saturated heterocycles. The average molecular weight is 276 g/mol. The second-order valence-corrected chi connectivity index (χ2v) is 4.04. The Morgan fingerprint density at radius 1 is 1.50 bits per heavy atom. The Morgan fingerprint density at radius 2 is 2.22 bits per heavy atom. The Morgan fingerprint density at radius 3 is 2.78 bits per heavy atom. The van der Waals surface area contributed by atoms with Crippen LogP contribution >= 0.6 is 11.6 Å². The van der Waals surface area contributed by atoms with E-state index in [9.17, 15) is 9.18 Å². The van der Waals surface area contributed by atoms with Crippen molar-refractivity contribution in [3.8, 4) is 0 Å². The van der Waals surface area contributed by atoms with E-state index < -0.39 is 5.82 Å². The monoisotopic (exact) mass is 275 g/mol. The molecule has 0 bridgehead atoms. The molecule has 0 aliphatic rings. The third-order valence-corrected chi connectivity index (χ3v) is 2.70. The number of rotatable bonds is 6. The zero-order chi connectivity index (χ0) is 13.5. The fourth-order valence-electron chi connectivity index (χ4n) is 1.45. The summed E-state index contributed by atoms with van der Waals surface area (Å²) in [6.07, 6.45) is 0. The number of halogens is 2. The number of amides is 1. The number of hydrogen-bond donors (Lipinski definition) is 1. The lowest BCUT2D eigenvalue weighted by molar-refractivity contribution is 0.0656. The Bertz CT molecular complexity index is 414. The molecule has 0 saturated carbocycles. The van der Waals surface area contributed by atoms with Crippen LogP contribution in [0.4, 0.5) is 4.39 Å². The van der Waals surface area contributed by atoms with Crippen LogP contribution in [-0.2, 0) is 4.74 Å². The second kappa shape index (κ2) is 7.31. The van der Waals surface area contributed by atoms with Crippen molar-refractivity contribution in [3.63, 3.8) is 0 Å². The number of hydrogen-bond acceptors (Lipinski definition) is 3. The fourth-order valence-corrected chi connectivity index (χ4v) is 1.57. The predicted octanol–water partition coefficient (Wildman–Crippen LogP) is 1.56. The number of carbonyl (C=O) groups is 1. The van der Waals surface area contributed by atoms with Gasteiger partial charge in [0.05, 0.1) is 18.2 Å². The van der Waals surface area contributed by atoms with Gasteiger partial charge in [-0.2, -0.15) is 0 Å². The number of ether oxygens (including phenoxy) is 1. The summed E-state index contributed by atoms with van der Waals surface area (Å²) >= 11 is 5.55. The molecule has 0 fully saturated rings. The van der Waals surface area contributed by atoms with E-state index in [1.807, 2.05) is 0 Å². The molecule has 0 atom stereocenters. The largest absolute Gasteiger partial charge is 0.395 e. The second-order valence-electron chi connectivity index (χ2n) is 3.64. The van der Waals surface area contributed by atoms with Gasteiger partial charge in [0.15, 0.2) is 0 Å². The number of nitrogens with zero attached hydrogens (tertiary/aromatic N) is 1. The van der Waals surface area contributed by atoms with Gasteiger partial charge in [-0.25, -0.2) is 4.39 Å². The van der Waals surface area contributed by atoms with Crippen molar-refractivity contribution in [2.24, 2.45) is 0 Å². The average Bonchev–Trinajstić information content (AvgIpc) is 2.37. The van der Waals surface area contributed by atoms with Crippen molar-refractivity contribution >= 4 is 17.5 Å². The van der Waals surface area contributed by atoms with E-state index in [0.29, 0.717) is 13.2 Å². The molecule has 0 aromatic heterocycles. The van der Waals surface area contributed by atoms with E-state index in [2.05, 4.69) is 0 Å². The minimum absolute atomic E-state index is 0.0304. The molecule has 1 amide bonds. The normalized spacial score (nSPS) is 10.4. The molecule has 1 N–H and O–H groups in total. The molecule has 0 spiro atoms. The minimum Gasteiger partial charge on any atom is -0.395 e. The molecule has 1 aromatic rings. The quantitative estimate of drug-likeness (QED) is 0.857. The van der Waals surface area contributed by atoms with Crippen LogP contribution in [0.2, 0.25) is 5.02 Å². The summed E-state index contributed by atoms with van der Waals surface area (Å²) < 4.78 is 18.1. The highest BCUT2D eigenvalue weighted by molar-refractivity contribution is 6.30. The van der Waals surface area contributed by atoms with E-state index in [1.165, 1.54) is 24.1 Å². The Balaban J connectivity index is 2.83. The number of carbonyl (C=O) groups excluding carboxylic acids is 1. The summed E-state index contributed by atoms with van der Waals surface area (Å²) in [6, 6.07) is 3.87. The van der Waals surface area contributed by atoms with Crippen LogP contribution in [0, 0.1) is 5.82 Å². The maximum Gasteiger partial charge on any atom is 0.254 e. The van der Waals surface area contributed by atoms with Crippen LogP contribution in [-0.4, -0.2) is 49.3 Å². The van der Waals surface area contributed by atoms with Crippen LogP contribution < -0.4 is 0 Å². The molecule has 0 aliphatic heterocycles. The van der Waals surface area contributed by atoms with Gasteiger partial charge in [0, 0.05) is 25.8 Å². The zero-order valence-corrected chi connectivity index (χ0v) is 10.8. The first-order valence-electron chi connectivity index (χ1n) is 5.44. The van der Waals surface area contributed by atoms with Gasteiger partial charge < -0.3 is 14.7 Å². The number of aliphatic hydroxyl groups is 1. The summed E-state index contributed by atoms with van der Waals surface area (Å²) in [5.41, 5.74) is 0.196. The van der Waals surface area contributed by atoms with Gasteiger partial charge >= 0.3 is 0 Å². The summed E-state index contributed by atoms with van der Waals surface area (Å²) in [5, 5.41) is 8.87. The van der Waals surface area contributed by atoms with Crippen LogP contribution in [0.1, 0.15) is 10.4 Å². The summed E-state index contributed by atoms with van der Waals surface area (Å²) in [6.45, 7) is 0.694. The molecule has 0 aliphatic carbocycles. The lowest BCUT2D eigenvalue weighted by Crippen LogP contribution is -2.36. The summed E-state index contributed by atoms with van der Waals surface area (Å²) in [5.74, 6) is -1.00. The molecule has 4 nitrogen and oxygen atoms in total. The highest BCUT2D eigenvalue weighted by Crippen LogP contribution is 2.16. The number of benzene rings is 1. The van der Waals surface area contributed by atoms with E-state index >= 15 is 0 Å². The molecule has 6 heteroatoms. The highest BCUT2D eigenvalue weighted by atomic mass is 35.5. The van der Waals surface area contributed by atoms with E-state index in [4.69, 9.17) is 21.4 Å². The van der Waals surface area contributed by atoms with Gasteiger partial charge in [-0.05, 0) is 18.2 Å². The smallest absolute Gasteiger partial charge is 0.254 e. The van der Waals surface area contributed by atoms with Crippen LogP contribution in [0.15, 0.2) is 18.2 Å². The standard InChI is InChI=1S/C12H15ClFNO3/c1-18-7-5-15(4-6-16)12(17)9-2-3-10(13)11(14)8-9/h2-3,8,16H,4-7H2,1H3. The van der Waals surface area contributed by atoms with Gasteiger partial charge in [0.1, 0.15) is 5.82 Å². The lowest BCUT2D eigenvalue weighted by atomic mass is 10.2. The number of methoxy groups -OCH3 is 1. The maximum atomic E-state index is 13.3. The van der Waals surface area contributed by atoms with Crippen molar-refractivity contribution in [2.75, 3.05) is 33.4 Å². The molecule has 0 unspecified atom stereocenters. The van der Waals surface area contributed by atoms with Crippen molar-refractivity contribution in [3.05, 3.63) is 34.6 Å². The summed E-state index contributed by atoms with van der Waals surface area (Å²) in [4.78, 5) is 13.4. The van der Waals surface area contributed by atoms with Crippen LogP contribution in [0.3, 0.4) is 0 Å². The van der Waals surface area contributed by atoms with Crippen molar-refractivity contribution in [1.82, 2.24) is 4.90 Å². The Hall–Kier alpha value is -1.17. The van der Waals surface area contributed by atoms with E-state index in [1.54, 1.807) is 0 Å². The van der Waals surface area contributed by atoms with Gasteiger partial charge in [-0.1, -0.05) is 11.6 Å². The molecule has 1 aromatic carbocycles. The van der Waals surface area contributed by atoms with Gasteiger partial charge in [0.2, 0.25) is 0 Å². The summed E-state index contributed by atoms with van der Waals surface area (Å²) in [7, 11) is 1.52. The van der Waals surface area contributed by atoms with Gasteiger partial charge in [0.25, 0.3) is 5.91 Å². The number of aliphatic hydroxyl groups excluding tert-OH is 1. The third kappa shape index (κ3) is 3.94. The van der Waals surface area contributed by atoms with Crippen molar-refractivity contribution < 1.29 is 19.0 Å². The van der Waals surface area contributed by atoms with Gasteiger partial charge in [-0.15, -0.1) is 0 Å². The van der Waals surface area contributed by atoms with Crippen LogP contribution in [0.5, 0.6) is 0 Å². The minimum atomic E-state index is -0.641. The van der Waals surface area contributed by atoms with Crippen LogP contribution in [0.25, 0.3) is 0 Å². The molecule has 100 valence electrons.